The molecule has 2 aromatic rings. The molecule has 0 fully saturated rings. The summed E-state index contributed by atoms with van der Waals surface area (Å²) in [5.41, 5.74) is 5.66. The van der Waals surface area contributed by atoms with E-state index in [4.69, 9.17) is 10.5 Å². The van der Waals surface area contributed by atoms with Crippen molar-refractivity contribution in [3.8, 4) is 5.75 Å². The van der Waals surface area contributed by atoms with Gasteiger partial charge in [-0.05, 0) is 25.1 Å². The van der Waals surface area contributed by atoms with Gasteiger partial charge in [-0.2, -0.15) is 0 Å². The first-order chi connectivity index (χ1) is 9.51. The highest BCUT2D eigenvalue weighted by Gasteiger charge is 2.34. The minimum Gasteiger partial charge on any atom is -0.507 e. The number of thioether (sulfide) groups is 1. The number of aromatic hydroxyl groups is 1. The molecular weight excluding hydrogens is 274 g/mol. The van der Waals surface area contributed by atoms with Crippen molar-refractivity contribution < 1.29 is 14.6 Å². The summed E-state index contributed by atoms with van der Waals surface area (Å²) in [5.74, 6) is 0.0553. The van der Waals surface area contributed by atoms with Crippen LogP contribution in [0, 0.1) is 0 Å². The lowest BCUT2D eigenvalue weighted by Crippen LogP contribution is -2.29. The second-order valence-corrected chi connectivity index (χ2v) is 5.75. The summed E-state index contributed by atoms with van der Waals surface area (Å²) < 4.78 is 5.25. The van der Waals surface area contributed by atoms with Gasteiger partial charge in [0.2, 0.25) is 0 Å². The molecule has 4 nitrogen and oxygen atoms in total. The molecule has 0 heterocycles. The van der Waals surface area contributed by atoms with E-state index in [0.29, 0.717) is 5.56 Å². The zero-order valence-corrected chi connectivity index (χ0v) is 11.8. The first-order valence-corrected chi connectivity index (χ1v) is 6.84. The molecule has 2 aromatic carbocycles. The summed E-state index contributed by atoms with van der Waals surface area (Å²) in [5, 5.41) is 9.99. The molecule has 0 saturated carbocycles. The number of para-hydroxylation sites is 1. The highest BCUT2D eigenvalue weighted by Crippen LogP contribution is 2.45. The van der Waals surface area contributed by atoms with Crippen LogP contribution < -0.4 is 5.73 Å². The molecule has 0 radical (unpaired) electrons. The summed E-state index contributed by atoms with van der Waals surface area (Å²) in [6.07, 6.45) is -0.890. The average molecular weight is 289 g/mol. The van der Waals surface area contributed by atoms with Gasteiger partial charge in [0.1, 0.15) is 5.75 Å². The van der Waals surface area contributed by atoms with Gasteiger partial charge in [-0.3, -0.25) is 0 Å². The van der Waals surface area contributed by atoms with Crippen LogP contribution in [0.4, 0.5) is 4.79 Å². The van der Waals surface area contributed by atoms with Gasteiger partial charge >= 0.3 is 6.09 Å². The Bertz CT molecular complexity index is 603. The highest BCUT2D eigenvalue weighted by molar-refractivity contribution is 8.00. The molecule has 1 unspecified atom stereocenters. The van der Waals surface area contributed by atoms with E-state index in [1.54, 1.807) is 31.2 Å². The Morgan fingerprint density at radius 2 is 1.75 bits per heavy atom. The largest absolute Gasteiger partial charge is 0.507 e. The number of nitrogens with two attached hydrogens (primary N) is 1. The number of phenolic OH excluding ortho intramolecular Hbond substituents is 1. The van der Waals surface area contributed by atoms with Crippen LogP contribution in [0.15, 0.2) is 59.5 Å². The maximum Gasteiger partial charge on any atom is 0.406 e. The molecule has 1 atom stereocenters. The van der Waals surface area contributed by atoms with Crippen LogP contribution in [0.1, 0.15) is 12.5 Å². The summed E-state index contributed by atoms with van der Waals surface area (Å²) in [4.78, 5) is 11.0. The molecule has 2 rings (SSSR count). The molecule has 0 bridgehead atoms. The Hall–Kier alpha value is -2.14. The summed E-state index contributed by atoms with van der Waals surface area (Å²) >= 11 is 1.30. The second kappa shape index (κ2) is 5.88. The van der Waals surface area contributed by atoms with Gasteiger partial charge in [-0.1, -0.05) is 48.2 Å². The lowest BCUT2D eigenvalue weighted by atomic mass is 10.1. The van der Waals surface area contributed by atoms with Gasteiger partial charge in [0.05, 0.1) is 0 Å². The Morgan fingerprint density at radius 1 is 1.15 bits per heavy atom. The Morgan fingerprint density at radius 3 is 2.35 bits per heavy atom. The number of hydrogen-bond acceptors (Lipinski definition) is 4. The molecule has 3 N–H and O–H groups in total. The zero-order chi connectivity index (χ0) is 14.6. The molecule has 0 aliphatic rings. The summed E-state index contributed by atoms with van der Waals surface area (Å²) in [6.45, 7) is 1.70. The van der Waals surface area contributed by atoms with Gasteiger partial charge in [0, 0.05) is 10.5 Å². The molecule has 0 aliphatic carbocycles. The number of ether oxygens (including phenoxy) is 1. The van der Waals surface area contributed by atoms with E-state index in [1.807, 2.05) is 30.3 Å². The third kappa shape index (κ3) is 3.24. The molecule has 0 spiro atoms. The molecule has 1 amide bonds. The number of hydrogen-bond donors (Lipinski definition) is 2. The average Bonchev–Trinajstić information content (AvgIpc) is 2.39. The number of carbonyl (C=O) groups is 1. The van der Waals surface area contributed by atoms with E-state index in [0.717, 1.165) is 4.90 Å². The van der Waals surface area contributed by atoms with Crippen molar-refractivity contribution in [1.29, 1.82) is 0 Å². The van der Waals surface area contributed by atoms with E-state index in [9.17, 15) is 9.90 Å². The van der Waals surface area contributed by atoms with Crippen LogP contribution in [-0.2, 0) is 9.67 Å². The lowest BCUT2D eigenvalue weighted by molar-refractivity contribution is 0.0933. The molecule has 20 heavy (non-hydrogen) atoms. The number of rotatable bonds is 4. The monoisotopic (exact) mass is 289 g/mol. The van der Waals surface area contributed by atoms with Crippen molar-refractivity contribution in [2.45, 2.75) is 16.8 Å². The molecule has 104 valence electrons. The minimum atomic E-state index is -1.10. The number of benzene rings is 2. The van der Waals surface area contributed by atoms with Crippen LogP contribution >= 0.6 is 11.8 Å². The van der Waals surface area contributed by atoms with Crippen molar-refractivity contribution in [3.63, 3.8) is 0 Å². The number of amides is 1. The van der Waals surface area contributed by atoms with Gasteiger partial charge in [0.25, 0.3) is 0 Å². The fourth-order valence-corrected chi connectivity index (χ4v) is 3.04. The van der Waals surface area contributed by atoms with E-state index in [-0.39, 0.29) is 5.75 Å². The van der Waals surface area contributed by atoms with Gasteiger partial charge < -0.3 is 15.6 Å². The van der Waals surface area contributed by atoms with E-state index in [1.165, 1.54) is 11.8 Å². The van der Waals surface area contributed by atoms with Gasteiger partial charge in [-0.25, -0.2) is 4.79 Å². The molecule has 0 aliphatic heterocycles. The molecule has 5 heteroatoms. The number of phenols is 1. The lowest BCUT2D eigenvalue weighted by Gasteiger charge is -2.29. The van der Waals surface area contributed by atoms with Crippen molar-refractivity contribution in [3.05, 3.63) is 60.2 Å². The van der Waals surface area contributed by atoms with Crippen LogP contribution in [-0.4, -0.2) is 11.2 Å². The molecular formula is C15H15NO3S. The van der Waals surface area contributed by atoms with Crippen LogP contribution in [0.3, 0.4) is 0 Å². The highest BCUT2D eigenvalue weighted by atomic mass is 32.2. The third-order valence-electron chi connectivity index (χ3n) is 2.74. The Kier molecular flexibility index (Phi) is 4.20. The quantitative estimate of drug-likeness (QED) is 0.668. The standard InChI is InChI=1S/C15H15NO3S/c1-15(19-14(16)18,12-9-5-6-10-13(12)17)20-11-7-3-2-4-8-11/h2-10,17H,1H3,(H2,16,18). The fraction of sp³-hybridized carbons (Fsp3) is 0.133. The van der Waals surface area contributed by atoms with E-state index < -0.39 is 11.0 Å². The minimum absolute atomic E-state index is 0.0553. The van der Waals surface area contributed by atoms with Gasteiger partial charge in [-0.15, -0.1) is 0 Å². The van der Waals surface area contributed by atoms with Crippen LogP contribution in [0.5, 0.6) is 5.75 Å². The summed E-state index contributed by atoms with van der Waals surface area (Å²) in [6, 6.07) is 16.2. The maximum atomic E-state index is 11.2. The first-order valence-electron chi connectivity index (χ1n) is 6.02. The molecule has 0 saturated heterocycles. The smallest absolute Gasteiger partial charge is 0.406 e. The van der Waals surface area contributed by atoms with Crippen molar-refractivity contribution in [1.82, 2.24) is 0 Å². The summed E-state index contributed by atoms with van der Waals surface area (Å²) in [7, 11) is 0. The van der Waals surface area contributed by atoms with Crippen molar-refractivity contribution >= 4 is 17.9 Å². The number of carbonyl (C=O) groups excluding carboxylic acids is 1. The third-order valence-corrected chi connectivity index (χ3v) is 3.95. The topological polar surface area (TPSA) is 72.5 Å². The maximum absolute atomic E-state index is 11.2. The number of primary amides is 1. The Labute approximate surface area is 121 Å². The predicted octanol–water partition coefficient (Wildman–Crippen LogP) is 3.45. The first kappa shape index (κ1) is 14.3. The SMILES string of the molecule is CC(OC(N)=O)(Sc1ccccc1)c1ccccc1O. The predicted molar refractivity (Wildman–Crippen MR) is 78.4 cm³/mol. The second-order valence-electron chi connectivity index (χ2n) is 4.30. The van der Waals surface area contributed by atoms with Crippen molar-refractivity contribution in [2.75, 3.05) is 0 Å². The van der Waals surface area contributed by atoms with Crippen LogP contribution in [0.2, 0.25) is 0 Å². The zero-order valence-electron chi connectivity index (χ0n) is 10.9. The molecule has 0 aromatic heterocycles. The van der Waals surface area contributed by atoms with Crippen molar-refractivity contribution in [2.24, 2.45) is 5.73 Å². The van der Waals surface area contributed by atoms with E-state index >= 15 is 0 Å². The van der Waals surface area contributed by atoms with Crippen LogP contribution in [0.25, 0.3) is 0 Å². The fourth-order valence-electron chi connectivity index (χ4n) is 1.89. The van der Waals surface area contributed by atoms with Gasteiger partial charge in [0.15, 0.2) is 4.93 Å². The van der Waals surface area contributed by atoms with E-state index in [2.05, 4.69) is 0 Å². The Balaban J connectivity index is 2.40. The normalized spacial score (nSPS) is 13.4.